The number of hydrogen-bond donors (Lipinski definition) is 1. The number of rotatable bonds is 3. The van der Waals surface area contributed by atoms with Crippen LogP contribution in [-0.2, 0) is 4.79 Å². The first-order chi connectivity index (χ1) is 8.58. The molecule has 0 spiro atoms. The average molecular weight is 269 g/mol. The van der Waals surface area contributed by atoms with Crippen LogP contribution >= 0.6 is 0 Å². The molecule has 1 fully saturated rings. The molecule has 0 aromatic heterocycles. The highest BCUT2D eigenvalue weighted by atomic mass is 16.2. The summed E-state index contributed by atoms with van der Waals surface area (Å²) in [5.74, 6) is 0.219. The fourth-order valence-electron chi connectivity index (χ4n) is 2.55. The molecule has 1 N–H and O–H groups in total. The lowest BCUT2D eigenvalue weighted by Crippen LogP contribution is -2.61. The van der Waals surface area contributed by atoms with Crippen molar-refractivity contribution in [3.63, 3.8) is 0 Å². The van der Waals surface area contributed by atoms with E-state index in [1.54, 1.807) is 0 Å². The highest BCUT2D eigenvalue weighted by Gasteiger charge is 2.39. The molecule has 0 aromatic rings. The van der Waals surface area contributed by atoms with Gasteiger partial charge in [0.05, 0.1) is 5.54 Å². The Morgan fingerprint density at radius 3 is 2.05 bits per heavy atom. The van der Waals surface area contributed by atoms with Crippen molar-refractivity contribution in [2.45, 2.75) is 53.1 Å². The molecule has 0 aromatic carbocycles. The van der Waals surface area contributed by atoms with Gasteiger partial charge in [0.2, 0.25) is 5.91 Å². The lowest BCUT2D eigenvalue weighted by molar-refractivity contribution is -0.145. The number of piperazine rings is 1. The predicted molar refractivity (Wildman–Crippen MR) is 80.2 cm³/mol. The molecule has 4 heteroatoms. The van der Waals surface area contributed by atoms with Crippen LogP contribution in [0.15, 0.2) is 0 Å². The van der Waals surface area contributed by atoms with E-state index in [-0.39, 0.29) is 17.4 Å². The Kier molecular flexibility index (Phi) is 5.02. The molecule has 1 heterocycles. The molecule has 0 saturated carbocycles. The minimum absolute atomic E-state index is 0.101. The maximum absolute atomic E-state index is 12.8. The van der Waals surface area contributed by atoms with E-state index in [0.29, 0.717) is 0 Å². The van der Waals surface area contributed by atoms with Crippen LogP contribution in [0.4, 0.5) is 0 Å². The Morgan fingerprint density at radius 1 is 1.16 bits per heavy atom. The molecule has 1 aliphatic rings. The van der Waals surface area contributed by atoms with Crippen molar-refractivity contribution in [2.24, 2.45) is 5.41 Å². The molecule has 19 heavy (non-hydrogen) atoms. The van der Waals surface area contributed by atoms with E-state index >= 15 is 0 Å². The zero-order valence-electron chi connectivity index (χ0n) is 13.7. The highest BCUT2D eigenvalue weighted by molar-refractivity contribution is 5.85. The molecule has 0 radical (unpaired) electrons. The van der Waals surface area contributed by atoms with E-state index in [1.807, 2.05) is 25.8 Å². The van der Waals surface area contributed by atoms with Crippen LogP contribution in [-0.4, -0.2) is 60.5 Å². The Balaban J connectivity index is 2.79. The van der Waals surface area contributed by atoms with Crippen molar-refractivity contribution < 1.29 is 4.79 Å². The van der Waals surface area contributed by atoms with Crippen LogP contribution < -0.4 is 5.32 Å². The van der Waals surface area contributed by atoms with Gasteiger partial charge in [0.25, 0.3) is 0 Å². The van der Waals surface area contributed by atoms with Gasteiger partial charge in [0.15, 0.2) is 0 Å². The van der Waals surface area contributed by atoms with Crippen molar-refractivity contribution in [1.29, 1.82) is 0 Å². The van der Waals surface area contributed by atoms with Crippen molar-refractivity contribution in [2.75, 3.05) is 33.2 Å². The third-order valence-corrected chi connectivity index (χ3v) is 4.59. The van der Waals surface area contributed by atoms with E-state index in [2.05, 4.69) is 37.9 Å². The zero-order valence-corrected chi connectivity index (χ0v) is 13.7. The molecular formula is C15H31N3O. The van der Waals surface area contributed by atoms with Gasteiger partial charge in [-0.1, -0.05) is 20.8 Å². The summed E-state index contributed by atoms with van der Waals surface area (Å²) < 4.78 is 0. The van der Waals surface area contributed by atoms with Crippen LogP contribution in [0.2, 0.25) is 0 Å². The summed E-state index contributed by atoms with van der Waals surface area (Å²) in [7, 11) is 1.93. The minimum atomic E-state index is -0.420. The zero-order chi connectivity index (χ0) is 14.8. The number of hydrogen-bond acceptors (Lipinski definition) is 3. The monoisotopic (exact) mass is 269 g/mol. The van der Waals surface area contributed by atoms with Crippen LogP contribution in [0.1, 0.15) is 41.5 Å². The predicted octanol–water partition coefficient (Wildman–Crippen LogP) is 1.56. The van der Waals surface area contributed by atoms with Gasteiger partial charge in [-0.05, 0) is 26.2 Å². The third kappa shape index (κ3) is 3.69. The summed E-state index contributed by atoms with van der Waals surface area (Å²) in [5, 5.41) is 3.34. The van der Waals surface area contributed by atoms with Crippen LogP contribution in [0.3, 0.4) is 0 Å². The molecule has 1 saturated heterocycles. The molecule has 1 unspecified atom stereocenters. The molecule has 1 rings (SSSR count). The number of carbonyl (C=O) groups is 1. The average Bonchev–Trinajstić information content (AvgIpc) is 2.36. The first-order valence-corrected chi connectivity index (χ1v) is 7.31. The van der Waals surface area contributed by atoms with E-state index in [1.165, 1.54) is 0 Å². The van der Waals surface area contributed by atoms with Gasteiger partial charge in [-0.2, -0.15) is 0 Å². The smallest absolute Gasteiger partial charge is 0.242 e. The Morgan fingerprint density at radius 2 is 1.63 bits per heavy atom. The number of carbonyl (C=O) groups excluding carboxylic acids is 1. The number of nitrogens with zero attached hydrogens (tertiary/aromatic N) is 2. The van der Waals surface area contributed by atoms with Gasteiger partial charge in [0.1, 0.15) is 0 Å². The molecule has 0 aliphatic carbocycles. The topological polar surface area (TPSA) is 35.6 Å². The van der Waals surface area contributed by atoms with Crippen molar-refractivity contribution in [3.05, 3.63) is 0 Å². The Labute approximate surface area is 118 Å². The molecule has 112 valence electrons. The fourth-order valence-corrected chi connectivity index (χ4v) is 2.55. The summed E-state index contributed by atoms with van der Waals surface area (Å²) in [6.45, 7) is 16.6. The van der Waals surface area contributed by atoms with Gasteiger partial charge < -0.3 is 10.2 Å². The molecule has 1 atom stereocenters. The lowest BCUT2D eigenvalue weighted by Gasteiger charge is -2.45. The summed E-state index contributed by atoms with van der Waals surface area (Å²) in [6, 6.07) is 0.224. The van der Waals surface area contributed by atoms with E-state index in [4.69, 9.17) is 0 Å². The van der Waals surface area contributed by atoms with Gasteiger partial charge in [-0.3, -0.25) is 9.69 Å². The third-order valence-electron chi connectivity index (χ3n) is 4.59. The second kappa shape index (κ2) is 5.80. The van der Waals surface area contributed by atoms with Crippen LogP contribution in [0, 0.1) is 5.41 Å². The van der Waals surface area contributed by atoms with Gasteiger partial charge in [-0.15, -0.1) is 0 Å². The van der Waals surface area contributed by atoms with Crippen molar-refractivity contribution >= 4 is 5.91 Å². The highest BCUT2D eigenvalue weighted by Crippen LogP contribution is 2.26. The quantitative estimate of drug-likeness (QED) is 0.844. The van der Waals surface area contributed by atoms with E-state index < -0.39 is 5.54 Å². The van der Waals surface area contributed by atoms with Crippen molar-refractivity contribution in [3.8, 4) is 0 Å². The van der Waals surface area contributed by atoms with Crippen LogP contribution in [0.25, 0.3) is 0 Å². The lowest BCUT2D eigenvalue weighted by atomic mass is 9.86. The molecule has 1 aliphatic heterocycles. The fraction of sp³-hybridized carbons (Fsp3) is 0.933. The molecule has 1 amide bonds. The second-order valence-corrected chi connectivity index (χ2v) is 7.25. The largest absolute Gasteiger partial charge is 0.341 e. The first kappa shape index (κ1) is 16.4. The number of amides is 1. The van der Waals surface area contributed by atoms with Crippen LogP contribution in [0.5, 0.6) is 0 Å². The molecule has 0 bridgehead atoms. The SMILES string of the molecule is CC(N(C)C(=O)C(C)(C)N1CCNCC1)C(C)(C)C. The van der Waals surface area contributed by atoms with Gasteiger partial charge in [0, 0.05) is 39.3 Å². The summed E-state index contributed by atoms with van der Waals surface area (Å²) in [4.78, 5) is 17.0. The summed E-state index contributed by atoms with van der Waals surface area (Å²) in [6.07, 6.45) is 0. The maximum Gasteiger partial charge on any atom is 0.242 e. The normalized spacial score (nSPS) is 20.2. The molecular weight excluding hydrogens is 238 g/mol. The van der Waals surface area contributed by atoms with E-state index in [0.717, 1.165) is 26.2 Å². The summed E-state index contributed by atoms with van der Waals surface area (Å²) in [5.41, 5.74) is -0.319. The Bertz CT molecular complexity index is 314. The number of nitrogens with one attached hydrogen (secondary N) is 1. The second-order valence-electron chi connectivity index (χ2n) is 7.25. The first-order valence-electron chi connectivity index (χ1n) is 7.31. The Hall–Kier alpha value is -0.610. The van der Waals surface area contributed by atoms with Gasteiger partial charge >= 0.3 is 0 Å². The molecule has 4 nitrogen and oxygen atoms in total. The minimum Gasteiger partial charge on any atom is -0.341 e. The maximum atomic E-state index is 12.8. The van der Waals surface area contributed by atoms with Crippen molar-refractivity contribution in [1.82, 2.24) is 15.1 Å². The van der Waals surface area contributed by atoms with Gasteiger partial charge in [-0.25, -0.2) is 0 Å². The van der Waals surface area contributed by atoms with E-state index in [9.17, 15) is 4.79 Å². The summed E-state index contributed by atoms with van der Waals surface area (Å²) >= 11 is 0. The standard InChI is InChI=1S/C15H31N3O/c1-12(14(2,3)4)17(7)13(19)15(5,6)18-10-8-16-9-11-18/h12,16H,8-11H2,1-7H3. The number of likely N-dealkylation sites (N-methyl/N-ethyl adjacent to an activating group) is 1.